The molecule has 0 aromatic heterocycles. The first-order valence-electron chi connectivity index (χ1n) is 15.9. The van der Waals surface area contributed by atoms with Crippen LogP contribution in [-0.4, -0.2) is 68.8 Å². The number of unbranched alkanes of at least 4 members (excludes halogenated alkanes) is 6. The smallest absolute Gasteiger partial charge is 0.870 e. The van der Waals surface area contributed by atoms with Crippen LogP contribution in [0.25, 0.3) is 0 Å². The fourth-order valence-corrected chi connectivity index (χ4v) is 5.96. The molecule has 0 heterocycles. The van der Waals surface area contributed by atoms with Gasteiger partial charge in [-0.2, -0.15) is 8.42 Å². The summed E-state index contributed by atoms with van der Waals surface area (Å²) in [4.78, 5) is -0.829. The predicted molar refractivity (Wildman–Crippen MR) is 186 cm³/mol. The molecule has 4 aromatic rings. The van der Waals surface area contributed by atoms with Gasteiger partial charge >= 0.3 is 37.7 Å². The van der Waals surface area contributed by atoms with Crippen molar-refractivity contribution in [3.8, 4) is 34.5 Å². The molecule has 260 valence electrons. The molecule has 4 aromatic carbocycles. The first-order valence-corrected chi connectivity index (χ1v) is 18.8. The van der Waals surface area contributed by atoms with E-state index in [0.717, 1.165) is 63.5 Å². The van der Waals surface area contributed by atoms with Gasteiger partial charge in [0.15, 0.2) is 11.5 Å². The number of benzene rings is 4. The summed E-state index contributed by atoms with van der Waals surface area (Å²) in [7, 11) is -9.07. The van der Waals surface area contributed by atoms with Crippen molar-refractivity contribution in [2.45, 2.75) is 87.8 Å². The molecule has 0 fully saturated rings. The van der Waals surface area contributed by atoms with Crippen molar-refractivity contribution in [3.05, 3.63) is 96.1 Å². The van der Waals surface area contributed by atoms with Crippen LogP contribution >= 0.6 is 0 Å². The molecule has 0 saturated carbocycles. The SMILES string of the molecule is CCCCCCc1cc(S(=O)(=O)O)cc(O)c1Oc1ccccc1.CCCCCCc1cc(S(=O)(=O)[O-])cc([O-])c1Oc1ccccc1.[Ca+2]. The number of phenols is 1. The zero-order valence-electron chi connectivity index (χ0n) is 27.8. The molecule has 0 amide bonds. The predicted octanol–water partition coefficient (Wildman–Crippen LogP) is 7.75. The van der Waals surface area contributed by atoms with Crippen LogP contribution in [0.15, 0.2) is 94.7 Å². The Morgan fingerprint density at radius 1 is 0.633 bits per heavy atom. The van der Waals surface area contributed by atoms with E-state index in [2.05, 4.69) is 13.8 Å². The van der Waals surface area contributed by atoms with E-state index in [9.17, 15) is 36.2 Å². The largest absolute Gasteiger partial charge is 2.00 e. The average Bonchev–Trinajstić information content (AvgIpc) is 3.04. The van der Waals surface area contributed by atoms with E-state index in [4.69, 9.17) is 9.47 Å². The summed E-state index contributed by atoms with van der Waals surface area (Å²) in [6.45, 7) is 4.19. The van der Waals surface area contributed by atoms with Gasteiger partial charge in [0.05, 0.1) is 9.79 Å². The minimum absolute atomic E-state index is 0. The molecule has 0 spiro atoms. The number of ether oxygens (including phenoxy) is 2. The van der Waals surface area contributed by atoms with E-state index in [1.807, 2.05) is 12.1 Å². The minimum atomic E-state index is -4.68. The molecule has 0 atom stereocenters. The van der Waals surface area contributed by atoms with E-state index >= 15 is 0 Å². The van der Waals surface area contributed by atoms with Crippen molar-refractivity contribution in [1.29, 1.82) is 0 Å². The van der Waals surface area contributed by atoms with Crippen LogP contribution in [0, 0.1) is 0 Å². The van der Waals surface area contributed by atoms with Gasteiger partial charge in [-0.05, 0) is 73.7 Å². The summed E-state index contributed by atoms with van der Waals surface area (Å²) >= 11 is 0. The summed E-state index contributed by atoms with van der Waals surface area (Å²) < 4.78 is 77.2. The summed E-state index contributed by atoms with van der Waals surface area (Å²) in [5.41, 5.74) is 1.01. The fraction of sp³-hybridized carbons (Fsp3) is 0.333. The molecular formula is C36H42CaO10S2. The third-order valence-corrected chi connectivity index (χ3v) is 8.98. The van der Waals surface area contributed by atoms with E-state index in [1.54, 1.807) is 48.5 Å². The van der Waals surface area contributed by atoms with Gasteiger partial charge in [-0.1, -0.05) is 94.5 Å². The maximum absolute atomic E-state index is 12.3. The number of aromatic hydroxyl groups is 1. The zero-order valence-corrected chi connectivity index (χ0v) is 31.7. The number of para-hydroxylation sites is 2. The maximum Gasteiger partial charge on any atom is 2.00 e. The number of hydrogen-bond acceptors (Lipinski definition) is 9. The van der Waals surface area contributed by atoms with Gasteiger partial charge in [-0.3, -0.25) is 4.55 Å². The average molecular weight is 739 g/mol. The topological polar surface area (TPSA) is 173 Å². The Morgan fingerprint density at radius 2 is 1.08 bits per heavy atom. The van der Waals surface area contributed by atoms with Crippen LogP contribution in [-0.2, 0) is 33.1 Å². The Morgan fingerprint density at radius 3 is 1.53 bits per heavy atom. The van der Waals surface area contributed by atoms with E-state index < -0.39 is 30.9 Å². The Bertz CT molecular complexity index is 1680. The second-order valence-electron chi connectivity index (χ2n) is 11.2. The Labute approximate surface area is 319 Å². The van der Waals surface area contributed by atoms with Crippen LogP contribution in [0.4, 0.5) is 0 Å². The normalized spacial score (nSPS) is 11.2. The molecule has 0 aliphatic heterocycles. The maximum atomic E-state index is 12.3. The zero-order chi connectivity index (χ0) is 35.2. The summed E-state index contributed by atoms with van der Waals surface area (Å²) in [6.07, 6.45) is 8.92. The van der Waals surface area contributed by atoms with Gasteiger partial charge in [-0.25, -0.2) is 8.42 Å². The summed E-state index contributed by atoms with van der Waals surface area (Å²) in [5, 5.41) is 22.5. The van der Waals surface area contributed by atoms with Crippen molar-refractivity contribution < 1.29 is 45.6 Å². The van der Waals surface area contributed by atoms with Gasteiger partial charge in [0.25, 0.3) is 10.1 Å². The molecule has 49 heavy (non-hydrogen) atoms. The molecule has 10 nitrogen and oxygen atoms in total. The number of rotatable bonds is 16. The molecule has 2 N–H and O–H groups in total. The van der Waals surface area contributed by atoms with Crippen molar-refractivity contribution in [1.82, 2.24) is 0 Å². The second-order valence-corrected chi connectivity index (χ2v) is 14.0. The van der Waals surface area contributed by atoms with Crippen molar-refractivity contribution in [2.75, 3.05) is 0 Å². The van der Waals surface area contributed by atoms with E-state index in [0.29, 0.717) is 35.5 Å². The third-order valence-electron chi connectivity index (χ3n) is 7.34. The van der Waals surface area contributed by atoms with Gasteiger partial charge in [0.1, 0.15) is 27.4 Å². The molecular weight excluding hydrogens is 697 g/mol. The first kappa shape index (κ1) is 42.3. The van der Waals surface area contributed by atoms with Gasteiger partial charge in [0, 0.05) is 11.6 Å². The summed E-state index contributed by atoms with van der Waals surface area (Å²) in [6, 6.07) is 22.2. The molecule has 0 aliphatic carbocycles. The minimum Gasteiger partial charge on any atom is -0.870 e. The molecule has 13 heteroatoms. The monoisotopic (exact) mass is 738 g/mol. The van der Waals surface area contributed by atoms with Gasteiger partial charge in [0.2, 0.25) is 0 Å². The molecule has 0 radical (unpaired) electrons. The Hall–Kier alpha value is -2.84. The van der Waals surface area contributed by atoms with Crippen LogP contribution in [0.2, 0.25) is 0 Å². The van der Waals surface area contributed by atoms with Crippen LogP contribution < -0.4 is 14.6 Å². The second kappa shape index (κ2) is 20.7. The molecule has 4 rings (SSSR count). The van der Waals surface area contributed by atoms with E-state index in [1.165, 1.54) is 12.1 Å². The number of phenolic OH excluding ortho intramolecular Hbond substituents is 1. The van der Waals surface area contributed by atoms with Crippen molar-refractivity contribution >= 4 is 58.0 Å². The van der Waals surface area contributed by atoms with E-state index in [-0.39, 0.29) is 59.9 Å². The Kier molecular flexibility index (Phi) is 17.9. The van der Waals surface area contributed by atoms with Crippen LogP contribution in [0.3, 0.4) is 0 Å². The standard InChI is InChI=1S/2C18H22O5S.Ca/c2*1-2-3-4-6-9-14-12-16(24(20,21)22)13-17(19)18(14)23-15-10-7-5-8-11-15;/h2*5,7-8,10-13,19H,2-4,6,9H2,1H3,(H,20,21,22);/q;;+2/p-2. The van der Waals surface area contributed by atoms with Gasteiger partial charge < -0.3 is 24.2 Å². The van der Waals surface area contributed by atoms with Crippen molar-refractivity contribution in [3.63, 3.8) is 0 Å². The number of hydrogen-bond donors (Lipinski definition) is 2. The third kappa shape index (κ3) is 14.1. The summed E-state index contributed by atoms with van der Waals surface area (Å²) in [5.74, 6) is 0.445. The molecule has 0 aliphatic rings. The quantitative estimate of drug-likeness (QED) is 0.0657. The fourth-order valence-electron chi connectivity index (χ4n) is 4.87. The Balaban J connectivity index is 0.000000333. The first-order chi connectivity index (χ1) is 22.8. The van der Waals surface area contributed by atoms with Gasteiger partial charge in [-0.15, -0.1) is 0 Å². The van der Waals surface area contributed by atoms with Crippen LogP contribution in [0.5, 0.6) is 34.5 Å². The molecule has 0 bridgehead atoms. The van der Waals surface area contributed by atoms with Crippen LogP contribution in [0.1, 0.15) is 76.3 Å². The van der Waals surface area contributed by atoms with Crippen molar-refractivity contribution in [2.24, 2.45) is 0 Å². The molecule has 0 saturated heterocycles. The molecule has 0 unspecified atom stereocenters. The number of aryl methyl sites for hydroxylation is 2.